The SMILES string of the molecule is CC(C)(C)c1c(-c2ccc(-n3c4ccc(-c5ccccc5)cc4c4cc(-c5ccccc5)ccc43)cc2)c(-n2c3ccccc3c3ccccc32)nc(-n2c3ccccc3c3ccccc32)c1-n1c2ccccc2c2ccccc21. The molecule has 0 saturated carbocycles. The molecule has 0 aliphatic carbocycles. The maximum Gasteiger partial charge on any atom is 0.164 e. The van der Waals surface area contributed by atoms with E-state index in [4.69, 9.17) is 4.98 Å². The maximum atomic E-state index is 6.30. The van der Waals surface area contributed by atoms with E-state index in [1.54, 1.807) is 0 Å². The molecule has 5 nitrogen and oxygen atoms in total. The molecule has 0 radical (unpaired) electrons. The summed E-state index contributed by atoms with van der Waals surface area (Å²) >= 11 is 0. The number of rotatable bonds is 7. The van der Waals surface area contributed by atoms with E-state index < -0.39 is 5.41 Å². The minimum Gasteiger partial charge on any atom is -0.309 e. The highest BCUT2D eigenvalue weighted by Gasteiger charge is 2.35. The molecule has 5 heteroatoms. The Kier molecular flexibility index (Phi) is 10.1. The molecular weight excluding hydrogens is 971 g/mol. The molecule has 5 aromatic heterocycles. The van der Waals surface area contributed by atoms with Crippen LogP contribution in [0.3, 0.4) is 0 Å². The lowest BCUT2D eigenvalue weighted by molar-refractivity contribution is 0.587. The van der Waals surface area contributed by atoms with Crippen molar-refractivity contribution < 1.29 is 0 Å². The fourth-order valence-electron chi connectivity index (χ4n) is 13.2. The van der Waals surface area contributed by atoms with Crippen LogP contribution in [0.15, 0.2) is 267 Å². The lowest BCUT2D eigenvalue weighted by atomic mass is 9.80. The molecule has 16 rings (SSSR count). The number of pyridine rings is 1. The smallest absolute Gasteiger partial charge is 0.164 e. The molecule has 0 N–H and O–H groups in total. The first-order valence-electron chi connectivity index (χ1n) is 27.7. The van der Waals surface area contributed by atoms with Crippen LogP contribution in [0.1, 0.15) is 26.3 Å². The summed E-state index contributed by atoms with van der Waals surface area (Å²) in [5.74, 6) is 1.74. The molecule has 0 bridgehead atoms. The van der Waals surface area contributed by atoms with Crippen molar-refractivity contribution in [1.82, 2.24) is 23.3 Å². The second-order valence-corrected chi connectivity index (χ2v) is 22.3. The average Bonchev–Trinajstić information content (AvgIpc) is 4.30. The third-order valence-corrected chi connectivity index (χ3v) is 16.7. The highest BCUT2D eigenvalue weighted by atomic mass is 15.2. The minimum atomic E-state index is -0.445. The standard InChI is InChI=1S/C75H53N5/c1-75(2,3)71-70(50-38-42-53(43-39-50)77-68-44-40-51(48-22-6-4-7-23-48)46-60(68)61-47-52(41-45-69(61)77)49-24-8-5-9-25-49)73(79-64-34-18-12-28-56(64)57-29-13-19-35-65(57)79)76-74(80-66-36-20-14-30-58(66)59-31-15-21-37-67(59)80)72(71)78-62-32-16-10-26-54(62)55-27-11-17-33-63(55)78/h4-47H,1-3H3. The summed E-state index contributed by atoms with van der Waals surface area (Å²) in [5, 5.41) is 9.58. The van der Waals surface area contributed by atoms with Crippen LogP contribution < -0.4 is 0 Å². The number of aromatic nitrogens is 5. The van der Waals surface area contributed by atoms with Crippen molar-refractivity contribution in [2.45, 2.75) is 26.2 Å². The van der Waals surface area contributed by atoms with Crippen LogP contribution in [0.2, 0.25) is 0 Å². The van der Waals surface area contributed by atoms with Crippen LogP contribution in [-0.4, -0.2) is 23.3 Å². The summed E-state index contributed by atoms with van der Waals surface area (Å²) in [6.45, 7) is 7.15. The average molecular weight is 1020 g/mol. The highest BCUT2D eigenvalue weighted by Crippen LogP contribution is 2.49. The molecule has 16 aromatic rings. The minimum absolute atomic E-state index is 0.445. The lowest BCUT2D eigenvalue weighted by Crippen LogP contribution is -2.22. The van der Waals surface area contributed by atoms with Gasteiger partial charge >= 0.3 is 0 Å². The van der Waals surface area contributed by atoms with Crippen LogP contribution in [0.25, 0.3) is 144 Å². The zero-order valence-corrected chi connectivity index (χ0v) is 44.6. The summed E-state index contributed by atoms with van der Waals surface area (Å²) in [4.78, 5) is 6.30. The van der Waals surface area contributed by atoms with E-state index in [1.165, 1.54) is 70.9 Å². The van der Waals surface area contributed by atoms with Gasteiger partial charge in [-0.1, -0.05) is 215 Å². The Morgan fingerprint density at radius 2 is 0.588 bits per heavy atom. The number of benzene rings is 11. The fraction of sp³-hybridized carbons (Fsp3) is 0.0533. The second kappa shape index (κ2) is 17.7. The Morgan fingerprint density at radius 3 is 0.975 bits per heavy atom. The molecular formula is C75H53N5. The quantitative estimate of drug-likeness (QED) is 0.157. The molecule has 0 fully saturated rings. The van der Waals surface area contributed by atoms with Crippen molar-refractivity contribution in [2.75, 3.05) is 0 Å². The Hall–Kier alpha value is -10.2. The molecule has 378 valence electrons. The van der Waals surface area contributed by atoms with Crippen molar-refractivity contribution in [3.05, 3.63) is 272 Å². The van der Waals surface area contributed by atoms with E-state index in [1.807, 2.05) is 0 Å². The van der Waals surface area contributed by atoms with E-state index in [2.05, 4.69) is 306 Å². The molecule has 0 amide bonds. The Morgan fingerprint density at radius 1 is 0.263 bits per heavy atom. The van der Waals surface area contributed by atoms with E-state index >= 15 is 0 Å². The van der Waals surface area contributed by atoms with Crippen molar-refractivity contribution >= 4 is 87.2 Å². The van der Waals surface area contributed by atoms with Gasteiger partial charge in [0.05, 0.1) is 49.8 Å². The largest absolute Gasteiger partial charge is 0.309 e. The molecule has 11 aromatic carbocycles. The zero-order chi connectivity index (χ0) is 53.2. The summed E-state index contributed by atoms with van der Waals surface area (Å²) < 4.78 is 9.86. The normalized spacial score (nSPS) is 12.2. The van der Waals surface area contributed by atoms with Crippen molar-refractivity contribution in [3.8, 4) is 56.4 Å². The number of nitrogens with zero attached hydrogens (tertiary/aromatic N) is 5. The van der Waals surface area contributed by atoms with Gasteiger partial charge in [-0.05, 0) is 112 Å². The van der Waals surface area contributed by atoms with Gasteiger partial charge in [-0.15, -0.1) is 0 Å². The van der Waals surface area contributed by atoms with E-state index in [0.29, 0.717) is 0 Å². The van der Waals surface area contributed by atoms with Gasteiger partial charge in [0.25, 0.3) is 0 Å². The number of para-hydroxylation sites is 6. The van der Waals surface area contributed by atoms with Gasteiger partial charge in [-0.2, -0.15) is 0 Å². The van der Waals surface area contributed by atoms with Crippen LogP contribution in [0.5, 0.6) is 0 Å². The second-order valence-electron chi connectivity index (χ2n) is 22.3. The predicted octanol–water partition coefficient (Wildman–Crippen LogP) is 19.8. The van der Waals surface area contributed by atoms with E-state index in [-0.39, 0.29) is 0 Å². The number of hydrogen-bond donors (Lipinski definition) is 0. The van der Waals surface area contributed by atoms with E-state index in [9.17, 15) is 0 Å². The Labute approximate surface area is 463 Å². The number of fused-ring (bicyclic) bond motifs is 12. The van der Waals surface area contributed by atoms with Crippen molar-refractivity contribution in [1.29, 1.82) is 0 Å². The first kappa shape index (κ1) is 45.9. The lowest BCUT2D eigenvalue weighted by Gasteiger charge is -2.32. The molecule has 0 spiro atoms. The molecule has 80 heavy (non-hydrogen) atoms. The first-order valence-corrected chi connectivity index (χ1v) is 27.7. The van der Waals surface area contributed by atoms with Crippen LogP contribution >= 0.6 is 0 Å². The molecule has 0 unspecified atom stereocenters. The van der Waals surface area contributed by atoms with Crippen LogP contribution in [0, 0.1) is 0 Å². The summed E-state index contributed by atoms with van der Waals surface area (Å²) in [7, 11) is 0. The van der Waals surface area contributed by atoms with E-state index in [0.717, 1.165) is 78.3 Å². The van der Waals surface area contributed by atoms with Gasteiger partial charge < -0.3 is 9.13 Å². The van der Waals surface area contributed by atoms with Gasteiger partial charge in [0.2, 0.25) is 0 Å². The molecule has 5 heterocycles. The summed E-state index contributed by atoms with van der Waals surface area (Å²) in [6.07, 6.45) is 0. The Bertz CT molecular complexity index is 4880. The van der Waals surface area contributed by atoms with Crippen LogP contribution in [-0.2, 0) is 5.41 Å². The summed E-state index contributed by atoms with van der Waals surface area (Å²) in [5.41, 5.74) is 18.8. The third kappa shape index (κ3) is 6.87. The van der Waals surface area contributed by atoms with Gasteiger partial charge in [-0.25, -0.2) is 4.98 Å². The third-order valence-electron chi connectivity index (χ3n) is 16.7. The van der Waals surface area contributed by atoms with Gasteiger partial charge in [0.1, 0.15) is 5.82 Å². The first-order chi connectivity index (χ1) is 39.4. The van der Waals surface area contributed by atoms with Gasteiger partial charge in [0, 0.05) is 54.3 Å². The monoisotopic (exact) mass is 1020 g/mol. The molecule has 0 atom stereocenters. The van der Waals surface area contributed by atoms with Gasteiger partial charge in [0.15, 0.2) is 5.82 Å². The van der Waals surface area contributed by atoms with Crippen molar-refractivity contribution in [3.63, 3.8) is 0 Å². The maximum absolute atomic E-state index is 6.30. The molecule has 0 saturated heterocycles. The van der Waals surface area contributed by atoms with Gasteiger partial charge in [-0.3, -0.25) is 9.13 Å². The fourth-order valence-corrected chi connectivity index (χ4v) is 13.2. The zero-order valence-electron chi connectivity index (χ0n) is 44.6. The Balaban J connectivity index is 1.04. The highest BCUT2D eigenvalue weighted by molar-refractivity contribution is 6.14. The topological polar surface area (TPSA) is 32.6 Å². The summed E-state index contributed by atoms with van der Waals surface area (Å²) in [6, 6.07) is 97.8. The van der Waals surface area contributed by atoms with Crippen LogP contribution in [0.4, 0.5) is 0 Å². The molecule has 0 aliphatic rings. The molecule has 0 aliphatic heterocycles. The van der Waals surface area contributed by atoms with Crippen molar-refractivity contribution in [2.24, 2.45) is 0 Å². The predicted molar refractivity (Wildman–Crippen MR) is 337 cm³/mol. The number of hydrogen-bond acceptors (Lipinski definition) is 1.